The molecule has 0 radical (unpaired) electrons. The molecule has 34 heavy (non-hydrogen) atoms. The highest BCUT2D eigenvalue weighted by Gasteiger charge is 2.45. The van der Waals surface area contributed by atoms with Crippen LogP contribution in [0.2, 0.25) is 5.02 Å². The van der Waals surface area contributed by atoms with Gasteiger partial charge in [-0.15, -0.1) is 0 Å². The first-order chi connectivity index (χ1) is 16.1. The van der Waals surface area contributed by atoms with Crippen LogP contribution in [-0.2, 0) is 11.0 Å². The minimum Gasteiger partial charge on any atom is -0.384 e. The predicted molar refractivity (Wildman–Crippen MR) is 117 cm³/mol. The number of Topliss-reactive ketones (excluding diaryl/α,β-unsaturated/α-hetero) is 1. The Morgan fingerprint density at radius 3 is 2.56 bits per heavy atom. The number of alkyl halides is 3. The van der Waals surface area contributed by atoms with Gasteiger partial charge in [-0.1, -0.05) is 29.8 Å². The first-order valence-electron chi connectivity index (χ1n) is 10.1. The van der Waals surface area contributed by atoms with E-state index in [1.54, 1.807) is 0 Å². The molecule has 0 aromatic heterocycles. The zero-order valence-corrected chi connectivity index (χ0v) is 18.2. The van der Waals surface area contributed by atoms with Crippen molar-refractivity contribution in [1.82, 2.24) is 0 Å². The molecule has 0 bridgehead atoms. The number of nitro benzene ring substituents is 1. The average Bonchev–Trinajstić information content (AvgIpc) is 2.78. The molecule has 2 aromatic carbocycles. The van der Waals surface area contributed by atoms with Gasteiger partial charge in [-0.2, -0.15) is 18.4 Å². The Morgan fingerprint density at radius 1 is 1.21 bits per heavy atom. The van der Waals surface area contributed by atoms with E-state index in [0.717, 1.165) is 12.1 Å². The molecule has 1 atom stereocenters. The Balaban J connectivity index is 2.05. The van der Waals surface area contributed by atoms with Crippen LogP contribution in [-0.4, -0.2) is 10.7 Å². The van der Waals surface area contributed by atoms with E-state index in [9.17, 15) is 33.3 Å². The molecule has 1 aliphatic carbocycles. The summed E-state index contributed by atoms with van der Waals surface area (Å²) < 4.78 is 41.5. The number of nitriles is 1. The molecule has 0 fully saturated rings. The maximum atomic E-state index is 13.8. The zero-order valence-electron chi connectivity index (χ0n) is 17.4. The van der Waals surface area contributed by atoms with E-state index < -0.39 is 34.1 Å². The number of hydrogen-bond donors (Lipinski definition) is 1. The van der Waals surface area contributed by atoms with Gasteiger partial charge >= 0.3 is 6.18 Å². The van der Waals surface area contributed by atoms with E-state index in [1.807, 2.05) is 6.07 Å². The molecule has 4 rings (SSSR count). The van der Waals surface area contributed by atoms with Crippen LogP contribution in [0.25, 0.3) is 0 Å². The topological polar surface area (TPSA) is 113 Å². The van der Waals surface area contributed by atoms with Gasteiger partial charge in [0, 0.05) is 28.8 Å². The van der Waals surface area contributed by atoms with Gasteiger partial charge in [0.2, 0.25) is 0 Å². The van der Waals surface area contributed by atoms with Crippen LogP contribution in [0.15, 0.2) is 65.1 Å². The second kappa shape index (κ2) is 8.50. The lowest BCUT2D eigenvalue weighted by atomic mass is 9.74. The van der Waals surface area contributed by atoms with Gasteiger partial charge in [0.05, 0.1) is 28.0 Å². The van der Waals surface area contributed by atoms with E-state index >= 15 is 0 Å². The molecule has 0 unspecified atom stereocenters. The fourth-order valence-corrected chi connectivity index (χ4v) is 4.68. The van der Waals surface area contributed by atoms with Gasteiger partial charge in [-0.25, -0.2) is 0 Å². The minimum absolute atomic E-state index is 0.0158. The number of nitrogens with zero attached hydrogens (tertiary/aromatic N) is 3. The Kier molecular flexibility index (Phi) is 5.83. The number of carbonyl (C=O) groups excluding carboxylic acids is 1. The first-order valence-corrected chi connectivity index (χ1v) is 10.5. The molecule has 1 aliphatic heterocycles. The summed E-state index contributed by atoms with van der Waals surface area (Å²) in [6, 6.07) is 10.4. The molecule has 0 spiro atoms. The molecule has 11 heteroatoms. The molecule has 2 aliphatic rings. The fraction of sp³-hybridized carbons (Fsp3) is 0.217. The third-order valence-corrected chi connectivity index (χ3v) is 6.10. The van der Waals surface area contributed by atoms with Gasteiger partial charge in [0.25, 0.3) is 5.69 Å². The van der Waals surface area contributed by atoms with Crippen LogP contribution in [0.5, 0.6) is 0 Å². The minimum atomic E-state index is -4.74. The Bertz CT molecular complexity index is 1330. The summed E-state index contributed by atoms with van der Waals surface area (Å²) in [7, 11) is 0. The number of ketones is 1. The van der Waals surface area contributed by atoms with Crippen LogP contribution in [0, 0.1) is 21.4 Å². The number of carbonyl (C=O) groups is 1. The normalized spacial score (nSPS) is 18.6. The number of benzene rings is 2. The van der Waals surface area contributed by atoms with Crippen molar-refractivity contribution in [2.24, 2.45) is 5.73 Å². The second-order valence-electron chi connectivity index (χ2n) is 7.79. The van der Waals surface area contributed by atoms with E-state index in [2.05, 4.69) is 0 Å². The first kappa shape index (κ1) is 23.3. The lowest BCUT2D eigenvalue weighted by Crippen LogP contribution is -2.39. The molecule has 2 N–H and O–H groups in total. The predicted octanol–water partition coefficient (Wildman–Crippen LogP) is 5.57. The molecule has 1 heterocycles. The highest BCUT2D eigenvalue weighted by molar-refractivity contribution is 6.31. The van der Waals surface area contributed by atoms with E-state index in [-0.39, 0.29) is 51.8 Å². The number of allylic oxidation sites excluding steroid dienone is 3. The van der Waals surface area contributed by atoms with Gasteiger partial charge < -0.3 is 5.73 Å². The summed E-state index contributed by atoms with van der Waals surface area (Å²) in [5, 5.41) is 21.8. The van der Waals surface area contributed by atoms with Gasteiger partial charge in [-0.05, 0) is 36.6 Å². The summed E-state index contributed by atoms with van der Waals surface area (Å²) >= 11 is 5.92. The number of halogens is 4. The Hall–Kier alpha value is -3.84. The van der Waals surface area contributed by atoms with Crippen molar-refractivity contribution < 1.29 is 22.9 Å². The van der Waals surface area contributed by atoms with Crippen molar-refractivity contribution in [2.45, 2.75) is 31.4 Å². The number of anilines is 1. The molecule has 2 aromatic rings. The highest BCUT2D eigenvalue weighted by atomic mass is 35.5. The molecular formula is C23H16ClF3N4O3. The summed E-state index contributed by atoms with van der Waals surface area (Å²) in [4.78, 5) is 25.4. The number of nitrogens with two attached hydrogens (primary N) is 1. The Morgan fingerprint density at radius 2 is 1.91 bits per heavy atom. The fourth-order valence-electron chi connectivity index (χ4n) is 4.51. The van der Waals surface area contributed by atoms with Crippen LogP contribution in [0.4, 0.5) is 24.5 Å². The molecular weight excluding hydrogens is 473 g/mol. The SMILES string of the molecule is N#CC1=C(N)N(c2ccc(Cl)cc2[N+](=O)[O-])C2=C(C(=O)CCC2)[C@@H]1c1ccccc1C(F)(F)F. The van der Waals surface area contributed by atoms with Gasteiger partial charge in [0.1, 0.15) is 11.5 Å². The summed E-state index contributed by atoms with van der Waals surface area (Å²) in [5.41, 5.74) is 4.51. The number of hydrogen-bond acceptors (Lipinski definition) is 6. The number of rotatable bonds is 3. The molecule has 0 saturated carbocycles. The van der Waals surface area contributed by atoms with E-state index in [1.165, 1.54) is 35.2 Å². The molecule has 0 amide bonds. The number of nitro groups is 1. The zero-order chi connectivity index (χ0) is 24.8. The van der Waals surface area contributed by atoms with Crippen molar-refractivity contribution in [2.75, 3.05) is 4.90 Å². The van der Waals surface area contributed by atoms with Gasteiger partial charge in [-0.3, -0.25) is 19.8 Å². The lowest BCUT2D eigenvalue weighted by Gasteiger charge is -2.39. The van der Waals surface area contributed by atoms with Crippen molar-refractivity contribution in [3.63, 3.8) is 0 Å². The van der Waals surface area contributed by atoms with Crippen LogP contribution < -0.4 is 10.6 Å². The van der Waals surface area contributed by atoms with Crippen LogP contribution in [0.1, 0.15) is 36.3 Å². The van der Waals surface area contributed by atoms with Crippen molar-refractivity contribution in [1.29, 1.82) is 5.26 Å². The average molecular weight is 489 g/mol. The van der Waals surface area contributed by atoms with E-state index in [4.69, 9.17) is 17.3 Å². The largest absolute Gasteiger partial charge is 0.416 e. The maximum absolute atomic E-state index is 13.8. The van der Waals surface area contributed by atoms with Crippen LogP contribution in [0.3, 0.4) is 0 Å². The molecule has 7 nitrogen and oxygen atoms in total. The molecule has 0 saturated heterocycles. The summed E-state index contributed by atoms with van der Waals surface area (Å²) in [5.74, 6) is -2.07. The third kappa shape index (κ3) is 3.78. The standard InChI is InChI=1S/C23H16ClF3N4O3/c24-12-8-9-16(18(10-12)31(33)34)30-17-6-3-7-19(32)21(17)20(14(11-28)22(30)29)13-4-1-2-5-15(13)23(25,26)27/h1-2,4-5,8-10,20H,3,6-7,29H2/t20-/m1/s1. The quantitative estimate of drug-likeness (QED) is 0.446. The Labute approximate surface area is 196 Å². The van der Waals surface area contributed by atoms with Crippen molar-refractivity contribution in [3.8, 4) is 6.07 Å². The molecule has 174 valence electrons. The second-order valence-corrected chi connectivity index (χ2v) is 8.23. The van der Waals surface area contributed by atoms with Gasteiger partial charge in [0.15, 0.2) is 5.78 Å². The van der Waals surface area contributed by atoms with E-state index in [0.29, 0.717) is 6.42 Å². The summed E-state index contributed by atoms with van der Waals surface area (Å²) in [6.07, 6.45) is -4.07. The highest BCUT2D eigenvalue weighted by Crippen LogP contribution is 2.50. The maximum Gasteiger partial charge on any atom is 0.416 e. The van der Waals surface area contributed by atoms with Crippen molar-refractivity contribution >= 4 is 28.8 Å². The third-order valence-electron chi connectivity index (χ3n) is 5.87. The lowest BCUT2D eigenvalue weighted by molar-refractivity contribution is -0.384. The smallest absolute Gasteiger partial charge is 0.384 e. The monoisotopic (exact) mass is 488 g/mol. The van der Waals surface area contributed by atoms with Crippen LogP contribution >= 0.6 is 11.6 Å². The summed E-state index contributed by atoms with van der Waals surface area (Å²) in [6.45, 7) is 0. The van der Waals surface area contributed by atoms with Crippen molar-refractivity contribution in [3.05, 3.63) is 91.4 Å².